The molecule has 1 amide bonds. The predicted molar refractivity (Wildman–Crippen MR) is 90.9 cm³/mol. The van der Waals surface area contributed by atoms with E-state index in [2.05, 4.69) is 10.4 Å². The lowest BCUT2D eigenvalue weighted by molar-refractivity contribution is -0.146. The molecular weight excluding hydrogens is 306 g/mol. The lowest BCUT2D eigenvalue weighted by Gasteiger charge is -2.19. The SMILES string of the molecule is CCc1c(C(=O)NCC(C)(C)C(=O)O)cnn1Cc1ccccc1. The third-order valence-electron chi connectivity index (χ3n) is 3.97. The van der Waals surface area contributed by atoms with Gasteiger partial charge in [-0.15, -0.1) is 0 Å². The Bertz CT molecular complexity index is 720. The van der Waals surface area contributed by atoms with Crippen LogP contribution in [0.1, 0.15) is 42.4 Å². The topological polar surface area (TPSA) is 84.2 Å². The molecule has 6 heteroatoms. The van der Waals surface area contributed by atoms with Crippen LogP contribution in [-0.2, 0) is 17.8 Å². The Morgan fingerprint density at radius 1 is 1.25 bits per heavy atom. The quantitative estimate of drug-likeness (QED) is 0.816. The largest absolute Gasteiger partial charge is 0.481 e. The van der Waals surface area contributed by atoms with Gasteiger partial charge in [0.05, 0.1) is 29.4 Å². The second kappa shape index (κ2) is 7.29. The number of carbonyl (C=O) groups excluding carboxylic acids is 1. The van der Waals surface area contributed by atoms with Crippen LogP contribution in [0.5, 0.6) is 0 Å². The van der Waals surface area contributed by atoms with Crippen molar-refractivity contribution in [3.8, 4) is 0 Å². The first-order chi connectivity index (χ1) is 11.3. The molecular formula is C18H23N3O3. The number of hydrogen-bond acceptors (Lipinski definition) is 3. The first-order valence-electron chi connectivity index (χ1n) is 7.95. The molecule has 1 aromatic heterocycles. The lowest BCUT2D eigenvalue weighted by Crippen LogP contribution is -2.39. The Kier molecular flexibility index (Phi) is 5.39. The monoisotopic (exact) mass is 329 g/mol. The summed E-state index contributed by atoms with van der Waals surface area (Å²) in [5.41, 5.74) is 1.43. The van der Waals surface area contributed by atoms with E-state index in [1.54, 1.807) is 20.0 Å². The summed E-state index contributed by atoms with van der Waals surface area (Å²) in [6, 6.07) is 9.90. The van der Waals surface area contributed by atoms with Gasteiger partial charge in [0.2, 0.25) is 0 Å². The number of carboxylic acids is 1. The van der Waals surface area contributed by atoms with E-state index in [0.29, 0.717) is 18.5 Å². The highest BCUT2D eigenvalue weighted by molar-refractivity contribution is 5.95. The number of nitrogens with one attached hydrogen (secondary N) is 1. The molecule has 0 radical (unpaired) electrons. The molecule has 0 fully saturated rings. The number of rotatable bonds is 7. The van der Waals surface area contributed by atoms with E-state index in [-0.39, 0.29) is 12.5 Å². The molecule has 0 bridgehead atoms. The summed E-state index contributed by atoms with van der Waals surface area (Å²) >= 11 is 0. The predicted octanol–water partition coefficient (Wildman–Crippen LogP) is 2.33. The maximum absolute atomic E-state index is 12.4. The maximum Gasteiger partial charge on any atom is 0.310 e. The van der Waals surface area contributed by atoms with E-state index in [0.717, 1.165) is 11.3 Å². The van der Waals surface area contributed by atoms with Gasteiger partial charge in [0.15, 0.2) is 0 Å². The molecule has 24 heavy (non-hydrogen) atoms. The van der Waals surface area contributed by atoms with Gasteiger partial charge in [-0.3, -0.25) is 14.3 Å². The third kappa shape index (κ3) is 4.01. The van der Waals surface area contributed by atoms with Crippen molar-refractivity contribution < 1.29 is 14.7 Å². The van der Waals surface area contributed by atoms with Gasteiger partial charge < -0.3 is 10.4 Å². The molecule has 0 aliphatic carbocycles. The highest BCUT2D eigenvalue weighted by Gasteiger charge is 2.28. The molecule has 128 valence electrons. The number of nitrogens with zero attached hydrogens (tertiary/aromatic N) is 2. The summed E-state index contributed by atoms with van der Waals surface area (Å²) < 4.78 is 1.81. The van der Waals surface area contributed by atoms with Crippen LogP contribution >= 0.6 is 0 Å². The molecule has 0 saturated heterocycles. The number of carboxylic acid groups (broad SMARTS) is 1. The standard InChI is InChI=1S/C18H23N3O3/c1-4-15-14(16(22)19-12-18(2,3)17(23)24)10-20-21(15)11-13-8-6-5-7-9-13/h5-10H,4,11-12H2,1-3H3,(H,19,22)(H,23,24). The first kappa shape index (κ1) is 17.7. The average Bonchev–Trinajstić information content (AvgIpc) is 2.96. The Labute approximate surface area is 141 Å². The molecule has 2 rings (SSSR count). The van der Waals surface area contributed by atoms with Crippen LogP contribution in [0.3, 0.4) is 0 Å². The van der Waals surface area contributed by atoms with Crippen LogP contribution in [0.15, 0.2) is 36.5 Å². The van der Waals surface area contributed by atoms with Crippen LogP contribution in [-0.4, -0.2) is 33.3 Å². The van der Waals surface area contributed by atoms with Crippen LogP contribution in [0.4, 0.5) is 0 Å². The van der Waals surface area contributed by atoms with Gasteiger partial charge in [-0.05, 0) is 25.8 Å². The van der Waals surface area contributed by atoms with Gasteiger partial charge in [-0.25, -0.2) is 0 Å². The minimum absolute atomic E-state index is 0.0637. The minimum Gasteiger partial charge on any atom is -0.481 e. The number of aromatic nitrogens is 2. The van der Waals surface area contributed by atoms with E-state index < -0.39 is 11.4 Å². The van der Waals surface area contributed by atoms with E-state index in [1.807, 2.05) is 41.9 Å². The Hall–Kier alpha value is -2.63. The summed E-state index contributed by atoms with van der Waals surface area (Å²) in [6.45, 7) is 5.78. The van der Waals surface area contributed by atoms with E-state index in [9.17, 15) is 9.59 Å². The summed E-state index contributed by atoms with van der Waals surface area (Å²) in [5, 5.41) is 16.1. The van der Waals surface area contributed by atoms with Gasteiger partial charge in [0.1, 0.15) is 0 Å². The van der Waals surface area contributed by atoms with Crippen molar-refractivity contribution in [2.45, 2.75) is 33.7 Å². The van der Waals surface area contributed by atoms with Gasteiger partial charge in [0.25, 0.3) is 5.91 Å². The lowest BCUT2D eigenvalue weighted by atomic mass is 9.94. The molecule has 0 atom stereocenters. The second-order valence-corrected chi connectivity index (χ2v) is 6.37. The molecule has 0 aliphatic heterocycles. The van der Waals surface area contributed by atoms with Crippen molar-refractivity contribution in [1.82, 2.24) is 15.1 Å². The zero-order valence-corrected chi connectivity index (χ0v) is 14.2. The third-order valence-corrected chi connectivity index (χ3v) is 3.97. The molecule has 2 N–H and O–H groups in total. The zero-order chi connectivity index (χ0) is 17.7. The summed E-state index contributed by atoms with van der Waals surface area (Å²) in [7, 11) is 0. The van der Waals surface area contributed by atoms with Gasteiger partial charge in [0, 0.05) is 6.54 Å². The Balaban J connectivity index is 2.13. The maximum atomic E-state index is 12.4. The van der Waals surface area contributed by atoms with Crippen LogP contribution in [0.25, 0.3) is 0 Å². The normalized spacial score (nSPS) is 11.3. The van der Waals surface area contributed by atoms with Crippen LogP contribution < -0.4 is 5.32 Å². The second-order valence-electron chi connectivity index (χ2n) is 6.37. The molecule has 6 nitrogen and oxygen atoms in total. The van der Waals surface area contributed by atoms with Crippen LogP contribution in [0.2, 0.25) is 0 Å². The number of hydrogen-bond donors (Lipinski definition) is 2. The van der Waals surface area contributed by atoms with Gasteiger partial charge in [-0.2, -0.15) is 5.10 Å². The van der Waals surface area contributed by atoms with Crippen LogP contribution in [0, 0.1) is 5.41 Å². The fourth-order valence-corrected chi connectivity index (χ4v) is 2.34. The van der Waals surface area contributed by atoms with Crippen molar-refractivity contribution in [3.63, 3.8) is 0 Å². The van der Waals surface area contributed by atoms with E-state index in [1.165, 1.54) is 0 Å². The summed E-state index contributed by atoms with van der Waals surface area (Å²) in [6.07, 6.45) is 2.21. The zero-order valence-electron chi connectivity index (χ0n) is 14.2. The number of aliphatic carboxylic acids is 1. The van der Waals surface area contributed by atoms with Crippen molar-refractivity contribution >= 4 is 11.9 Å². The molecule has 0 unspecified atom stereocenters. The molecule has 1 heterocycles. The van der Waals surface area contributed by atoms with Crippen molar-refractivity contribution in [2.75, 3.05) is 6.54 Å². The number of benzene rings is 1. The summed E-state index contributed by atoms with van der Waals surface area (Å²) in [5.74, 6) is -1.24. The summed E-state index contributed by atoms with van der Waals surface area (Å²) in [4.78, 5) is 23.5. The van der Waals surface area contributed by atoms with E-state index in [4.69, 9.17) is 5.11 Å². The Morgan fingerprint density at radius 2 is 1.92 bits per heavy atom. The molecule has 0 spiro atoms. The number of carbonyl (C=O) groups is 2. The Morgan fingerprint density at radius 3 is 2.50 bits per heavy atom. The average molecular weight is 329 g/mol. The fraction of sp³-hybridized carbons (Fsp3) is 0.389. The fourth-order valence-electron chi connectivity index (χ4n) is 2.34. The highest BCUT2D eigenvalue weighted by Crippen LogP contribution is 2.15. The molecule has 0 saturated carbocycles. The van der Waals surface area contributed by atoms with Crippen molar-refractivity contribution in [1.29, 1.82) is 0 Å². The van der Waals surface area contributed by atoms with Crippen molar-refractivity contribution in [3.05, 3.63) is 53.3 Å². The number of amides is 1. The van der Waals surface area contributed by atoms with Gasteiger partial charge in [-0.1, -0.05) is 37.3 Å². The highest BCUT2D eigenvalue weighted by atomic mass is 16.4. The molecule has 1 aromatic carbocycles. The minimum atomic E-state index is -1.01. The van der Waals surface area contributed by atoms with Crippen molar-refractivity contribution in [2.24, 2.45) is 5.41 Å². The first-order valence-corrected chi connectivity index (χ1v) is 7.95. The molecule has 0 aliphatic rings. The smallest absolute Gasteiger partial charge is 0.310 e. The van der Waals surface area contributed by atoms with Gasteiger partial charge >= 0.3 is 5.97 Å². The van der Waals surface area contributed by atoms with E-state index >= 15 is 0 Å². The molecule has 2 aromatic rings.